The van der Waals surface area contributed by atoms with Gasteiger partial charge in [0.05, 0.1) is 5.92 Å². The Morgan fingerprint density at radius 1 is 0.939 bits per heavy atom. The third-order valence-electron chi connectivity index (χ3n) is 5.27. The number of aryl methyl sites for hydroxylation is 1. The fourth-order valence-electron chi connectivity index (χ4n) is 3.52. The SMILES string of the molecule is Cc1ccc(N2C[C@H](C(=O)OCC(=O)Nc3ccc(Oc4ccccc4)cc3)CC2=O)cc1. The third kappa shape index (κ3) is 5.77. The summed E-state index contributed by atoms with van der Waals surface area (Å²) in [6.07, 6.45) is 0.0667. The van der Waals surface area contributed by atoms with Crippen LogP contribution in [0.25, 0.3) is 0 Å². The Bertz CT molecular complexity index is 1130. The van der Waals surface area contributed by atoms with E-state index in [-0.39, 0.29) is 18.9 Å². The normalized spacial score (nSPS) is 15.2. The molecule has 1 aliphatic rings. The molecule has 0 bridgehead atoms. The van der Waals surface area contributed by atoms with Crippen molar-refractivity contribution < 1.29 is 23.9 Å². The van der Waals surface area contributed by atoms with Crippen LogP contribution in [0.4, 0.5) is 11.4 Å². The fourth-order valence-corrected chi connectivity index (χ4v) is 3.52. The molecule has 1 aliphatic heterocycles. The van der Waals surface area contributed by atoms with Crippen molar-refractivity contribution in [2.24, 2.45) is 5.92 Å². The highest BCUT2D eigenvalue weighted by Crippen LogP contribution is 2.26. The summed E-state index contributed by atoms with van der Waals surface area (Å²) in [5.74, 6) is -0.397. The molecule has 0 unspecified atom stereocenters. The molecule has 0 aliphatic carbocycles. The second kappa shape index (κ2) is 9.99. The molecule has 168 valence electrons. The quantitative estimate of drug-likeness (QED) is 0.549. The molecule has 2 amide bonds. The first-order chi connectivity index (χ1) is 16.0. The van der Waals surface area contributed by atoms with Crippen LogP contribution in [0, 0.1) is 12.8 Å². The molecule has 4 rings (SSSR count). The van der Waals surface area contributed by atoms with E-state index >= 15 is 0 Å². The number of benzene rings is 3. The van der Waals surface area contributed by atoms with Gasteiger partial charge in [-0.25, -0.2) is 0 Å². The van der Waals surface area contributed by atoms with Crippen molar-refractivity contribution in [1.29, 1.82) is 0 Å². The van der Waals surface area contributed by atoms with E-state index in [0.717, 1.165) is 11.3 Å². The van der Waals surface area contributed by atoms with Gasteiger partial charge in [0.15, 0.2) is 6.61 Å². The Morgan fingerprint density at radius 3 is 2.30 bits per heavy atom. The average molecular weight is 444 g/mol. The molecule has 7 heteroatoms. The topological polar surface area (TPSA) is 84.9 Å². The molecule has 0 saturated carbocycles. The second-order valence-electron chi connectivity index (χ2n) is 7.84. The van der Waals surface area contributed by atoms with E-state index < -0.39 is 24.4 Å². The molecule has 1 fully saturated rings. The van der Waals surface area contributed by atoms with Crippen LogP contribution in [0.1, 0.15) is 12.0 Å². The van der Waals surface area contributed by atoms with E-state index in [0.29, 0.717) is 17.2 Å². The summed E-state index contributed by atoms with van der Waals surface area (Å²) in [6, 6.07) is 23.8. The highest BCUT2D eigenvalue weighted by atomic mass is 16.5. The first-order valence-electron chi connectivity index (χ1n) is 10.6. The van der Waals surface area contributed by atoms with Crippen LogP contribution in [0.2, 0.25) is 0 Å². The van der Waals surface area contributed by atoms with Crippen molar-refractivity contribution in [3.05, 3.63) is 84.4 Å². The van der Waals surface area contributed by atoms with Gasteiger partial charge in [-0.3, -0.25) is 14.4 Å². The van der Waals surface area contributed by atoms with Crippen LogP contribution in [0.5, 0.6) is 11.5 Å². The summed E-state index contributed by atoms with van der Waals surface area (Å²) >= 11 is 0. The van der Waals surface area contributed by atoms with Gasteiger partial charge in [0.25, 0.3) is 5.91 Å². The molecule has 0 aromatic heterocycles. The molecular weight excluding hydrogens is 420 g/mol. The van der Waals surface area contributed by atoms with Crippen molar-refractivity contribution in [1.82, 2.24) is 0 Å². The number of amides is 2. The van der Waals surface area contributed by atoms with Crippen molar-refractivity contribution in [3.8, 4) is 11.5 Å². The maximum Gasteiger partial charge on any atom is 0.311 e. The van der Waals surface area contributed by atoms with E-state index in [1.807, 2.05) is 61.5 Å². The standard InChI is InChI=1S/C26H24N2O5/c1-18-7-11-21(12-8-18)28-16-19(15-25(28)30)26(31)32-17-24(29)27-20-9-13-23(14-10-20)33-22-5-3-2-4-6-22/h2-14,19H,15-17H2,1H3,(H,27,29)/t19-/m1/s1. The van der Waals surface area contributed by atoms with E-state index in [2.05, 4.69) is 5.32 Å². The number of ether oxygens (including phenoxy) is 2. The molecule has 33 heavy (non-hydrogen) atoms. The van der Waals surface area contributed by atoms with Crippen molar-refractivity contribution in [2.45, 2.75) is 13.3 Å². The van der Waals surface area contributed by atoms with Crippen LogP contribution in [-0.4, -0.2) is 30.9 Å². The lowest BCUT2D eigenvalue weighted by atomic mass is 10.1. The predicted octanol–water partition coefficient (Wildman–Crippen LogP) is 4.32. The number of hydrogen-bond acceptors (Lipinski definition) is 5. The summed E-state index contributed by atoms with van der Waals surface area (Å²) in [5, 5.41) is 2.68. The first-order valence-corrected chi connectivity index (χ1v) is 10.6. The summed E-state index contributed by atoms with van der Waals surface area (Å²) in [4.78, 5) is 38.5. The lowest BCUT2D eigenvalue weighted by molar-refractivity contribution is -0.151. The van der Waals surface area contributed by atoms with E-state index in [1.54, 1.807) is 29.2 Å². The van der Waals surface area contributed by atoms with Gasteiger partial charge in [-0.1, -0.05) is 35.9 Å². The number of carbonyl (C=O) groups is 3. The Labute approximate surface area is 191 Å². The van der Waals surface area contributed by atoms with E-state index in [9.17, 15) is 14.4 Å². The van der Waals surface area contributed by atoms with Gasteiger partial charge in [0.1, 0.15) is 11.5 Å². The van der Waals surface area contributed by atoms with E-state index in [4.69, 9.17) is 9.47 Å². The molecule has 1 atom stereocenters. The van der Waals surface area contributed by atoms with Gasteiger partial charge < -0.3 is 19.7 Å². The Kier molecular flexibility index (Phi) is 6.69. The summed E-state index contributed by atoms with van der Waals surface area (Å²) in [5.41, 5.74) is 2.39. The lowest BCUT2D eigenvalue weighted by Gasteiger charge is -2.16. The minimum atomic E-state index is -0.596. The van der Waals surface area contributed by atoms with Crippen LogP contribution >= 0.6 is 0 Å². The zero-order chi connectivity index (χ0) is 23.2. The molecule has 0 spiro atoms. The lowest BCUT2D eigenvalue weighted by Crippen LogP contribution is -2.28. The van der Waals surface area contributed by atoms with Gasteiger partial charge in [0.2, 0.25) is 5.91 Å². The zero-order valence-corrected chi connectivity index (χ0v) is 18.2. The molecule has 1 N–H and O–H groups in total. The van der Waals surface area contributed by atoms with Gasteiger partial charge in [0, 0.05) is 24.3 Å². The van der Waals surface area contributed by atoms with Gasteiger partial charge in [-0.05, 0) is 55.5 Å². The molecule has 0 radical (unpaired) electrons. The second-order valence-corrected chi connectivity index (χ2v) is 7.84. The van der Waals surface area contributed by atoms with Crippen molar-refractivity contribution >= 4 is 29.2 Å². The minimum Gasteiger partial charge on any atom is -0.457 e. The summed E-state index contributed by atoms with van der Waals surface area (Å²) in [7, 11) is 0. The molecule has 3 aromatic carbocycles. The van der Waals surface area contributed by atoms with Crippen LogP contribution in [-0.2, 0) is 19.1 Å². The number of carbonyl (C=O) groups excluding carboxylic acids is 3. The van der Waals surface area contributed by atoms with Crippen molar-refractivity contribution in [3.63, 3.8) is 0 Å². The van der Waals surface area contributed by atoms with Gasteiger partial charge in [-0.2, -0.15) is 0 Å². The Balaban J connectivity index is 1.24. The summed E-state index contributed by atoms with van der Waals surface area (Å²) in [6.45, 7) is 1.79. The molecule has 1 saturated heterocycles. The molecule has 3 aromatic rings. The number of rotatable bonds is 7. The smallest absolute Gasteiger partial charge is 0.311 e. The molecule has 7 nitrogen and oxygen atoms in total. The monoisotopic (exact) mass is 444 g/mol. The van der Waals surface area contributed by atoms with Crippen LogP contribution < -0.4 is 15.0 Å². The maximum absolute atomic E-state index is 12.4. The highest BCUT2D eigenvalue weighted by Gasteiger charge is 2.36. The Hall–Kier alpha value is -4.13. The van der Waals surface area contributed by atoms with Gasteiger partial charge in [-0.15, -0.1) is 0 Å². The number of nitrogens with one attached hydrogen (secondary N) is 1. The van der Waals surface area contributed by atoms with Crippen molar-refractivity contribution in [2.75, 3.05) is 23.4 Å². The van der Waals surface area contributed by atoms with E-state index in [1.165, 1.54) is 0 Å². The predicted molar refractivity (Wildman–Crippen MR) is 124 cm³/mol. The minimum absolute atomic E-state index is 0.0667. The summed E-state index contributed by atoms with van der Waals surface area (Å²) < 4.78 is 10.9. The third-order valence-corrected chi connectivity index (χ3v) is 5.27. The molecular formula is C26H24N2O5. The average Bonchev–Trinajstić information content (AvgIpc) is 3.21. The first kappa shape index (κ1) is 22.1. The van der Waals surface area contributed by atoms with Crippen LogP contribution in [0.3, 0.4) is 0 Å². The Morgan fingerprint density at radius 2 is 1.61 bits per heavy atom. The zero-order valence-electron chi connectivity index (χ0n) is 18.2. The largest absolute Gasteiger partial charge is 0.457 e. The van der Waals surface area contributed by atoms with Gasteiger partial charge >= 0.3 is 5.97 Å². The number of nitrogens with zero attached hydrogens (tertiary/aromatic N) is 1. The number of para-hydroxylation sites is 1. The number of anilines is 2. The number of hydrogen-bond donors (Lipinski definition) is 1. The fraction of sp³-hybridized carbons (Fsp3) is 0.192. The maximum atomic E-state index is 12.4. The van der Waals surface area contributed by atoms with Crippen LogP contribution in [0.15, 0.2) is 78.9 Å². The number of esters is 1. The highest BCUT2D eigenvalue weighted by molar-refractivity contribution is 6.00. The molecule has 1 heterocycles.